The second-order valence-electron chi connectivity index (χ2n) is 5.02. The molecule has 2 rings (SSSR count). The summed E-state index contributed by atoms with van der Waals surface area (Å²) in [7, 11) is 0. The number of fused-ring (bicyclic) bond motifs is 1. The normalized spacial score (nSPS) is 32.7. The number of amides is 2. The standard InChI is InChI=1S/C12H19NO4/c1-2-7-3-9-10(4-7)12(17)13(11(9)16)8(5-14)6-15/h7-10,14-15H,2-6H2,1H3. The first kappa shape index (κ1) is 12.5. The molecule has 0 radical (unpaired) electrons. The van der Waals surface area contributed by atoms with Crippen LogP contribution in [-0.2, 0) is 9.59 Å². The maximum atomic E-state index is 12.1. The number of aliphatic hydroxyl groups excluding tert-OH is 2. The summed E-state index contributed by atoms with van der Waals surface area (Å²) in [5, 5.41) is 18.2. The first-order chi connectivity index (χ1) is 8.13. The van der Waals surface area contributed by atoms with E-state index in [1.54, 1.807) is 0 Å². The van der Waals surface area contributed by atoms with E-state index in [9.17, 15) is 9.59 Å². The third-order valence-corrected chi connectivity index (χ3v) is 4.13. The minimum Gasteiger partial charge on any atom is -0.394 e. The minimum absolute atomic E-state index is 0.205. The van der Waals surface area contributed by atoms with Crippen LogP contribution in [0.2, 0.25) is 0 Å². The molecule has 2 unspecified atom stereocenters. The number of nitrogens with zero attached hydrogens (tertiary/aromatic N) is 1. The lowest BCUT2D eigenvalue weighted by molar-refractivity contribution is -0.145. The highest BCUT2D eigenvalue weighted by atomic mass is 16.3. The largest absolute Gasteiger partial charge is 0.394 e. The molecule has 96 valence electrons. The number of carbonyl (C=O) groups is 2. The van der Waals surface area contributed by atoms with Crippen molar-refractivity contribution >= 4 is 11.8 Å². The molecule has 1 saturated carbocycles. The Morgan fingerprint density at radius 2 is 1.65 bits per heavy atom. The molecule has 0 bridgehead atoms. The summed E-state index contributed by atoms with van der Waals surface area (Å²) >= 11 is 0. The second-order valence-corrected chi connectivity index (χ2v) is 5.02. The zero-order valence-corrected chi connectivity index (χ0v) is 10.0. The minimum atomic E-state index is -0.763. The molecule has 2 atom stereocenters. The summed E-state index contributed by atoms with van der Waals surface area (Å²) in [5.74, 6) is -0.379. The van der Waals surface area contributed by atoms with E-state index in [0.29, 0.717) is 5.92 Å². The van der Waals surface area contributed by atoms with E-state index >= 15 is 0 Å². The highest BCUT2D eigenvalue weighted by Gasteiger charge is 2.53. The van der Waals surface area contributed by atoms with Crippen LogP contribution in [0, 0.1) is 17.8 Å². The molecule has 1 heterocycles. The van der Waals surface area contributed by atoms with Crippen molar-refractivity contribution in [2.24, 2.45) is 17.8 Å². The van der Waals surface area contributed by atoms with Gasteiger partial charge in [-0.05, 0) is 18.8 Å². The molecule has 0 aromatic rings. The molecule has 5 nitrogen and oxygen atoms in total. The third-order valence-electron chi connectivity index (χ3n) is 4.13. The average Bonchev–Trinajstić information content (AvgIpc) is 2.85. The Balaban J connectivity index is 2.16. The lowest BCUT2D eigenvalue weighted by Crippen LogP contribution is -2.45. The molecule has 0 aromatic heterocycles. The zero-order valence-electron chi connectivity index (χ0n) is 10.0. The van der Waals surface area contributed by atoms with Crippen LogP contribution in [0.15, 0.2) is 0 Å². The van der Waals surface area contributed by atoms with E-state index in [0.717, 1.165) is 24.2 Å². The lowest BCUT2D eigenvalue weighted by atomic mass is 10.00. The number of hydrogen-bond donors (Lipinski definition) is 2. The van der Waals surface area contributed by atoms with Gasteiger partial charge in [0.1, 0.15) is 0 Å². The fourth-order valence-corrected chi connectivity index (χ4v) is 3.07. The number of imide groups is 1. The highest BCUT2D eigenvalue weighted by Crippen LogP contribution is 2.44. The fraction of sp³-hybridized carbons (Fsp3) is 0.833. The Morgan fingerprint density at radius 3 is 2.00 bits per heavy atom. The second kappa shape index (κ2) is 4.74. The van der Waals surface area contributed by atoms with Gasteiger partial charge in [-0.1, -0.05) is 13.3 Å². The Kier molecular flexibility index (Phi) is 3.49. The maximum Gasteiger partial charge on any atom is 0.233 e. The number of aliphatic hydroxyl groups is 2. The van der Waals surface area contributed by atoms with Crippen LogP contribution in [0.4, 0.5) is 0 Å². The van der Waals surface area contributed by atoms with Gasteiger partial charge in [-0.3, -0.25) is 14.5 Å². The molecule has 1 saturated heterocycles. The average molecular weight is 241 g/mol. The smallest absolute Gasteiger partial charge is 0.233 e. The molecule has 2 aliphatic rings. The molecule has 2 fully saturated rings. The van der Waals surface area contributed by atoms with Crippen LogP contribution >= 0.6 is 0 Å². The SMILES string of the molecule is CCC1CC2C(=O)N(C(CO)CO)C(=O)C2C1. The van der Waals surface area contributed by atoms with E-state index in [-0.39, 0.29) is 36.9 Å². The molecule has 0 aromatic carbocycles. The van der Waals surface area contributed by atoms with Crippen molar-refractivity contribution in [2.75, 3.05) is 13.2 Å². The van der Waals surface area contributed by atoms with Crippen molar-refractivity contribution in [3.05, 3.63) is 0 Å². The van der Waals surface area contributed by atoms with Crippen LogP contribution in [-0.4, -0.2) is 46.2 Å². The van der Waals surface area contributed by atoms with Gasteiger partial charge in [-0.2, -0.15) is 0 Å². The summed E-state index contributed by atoms with van der Waals surface area (Å²) < 4.78 is 0. The first-order valence-corrected chi connectivity index (χ1v) is 6.22. The van der Waals surface area contributed by atoms with Crippen molar-refractivity contribution in [1.82, 2.24) is 4.90 Å². The summed E-state index contributed by atoms with van der Waals surface area (Å²) in [6, 6.07) is -0.763. The van der Waals surface area contributed by atoms with Gasteiger partial charge in [-0.25, -0.2) is 0 Å². The van der Waals surface area contributed by atoms with Crippen molar-refractivity contribution in [3.63, 3.8) is 0 Å². The monoisotopic (exact) mass is 241 g/mol. The summed E-state index contributed by atoms with van der Waals surface area (Å²) in [6.07, 6.45) is 2.54. The number of carbonyl (C=O) groups excluding carboxylic acids is 2. The Morgan fingerprint density at radius 1 is 1.18 bits per heavy atom. The van der Waals surface area contributed by atoms with Gasteiger partial charge in [0.15, 0.2) is 0 Å². The molecule has 1 aliphatic carbocycles. The van der Waals surface area contributed by atoms with Gasteiger partial charge in [0.25, 0.3) is 0 Å². The highest BCUT2D eigenvalue weighted by molar-refractivity contribution is 6.05. The molecule has 1 aliphatic heterocycles. The van der Waals surface area contributed by atoms with Gasteiger partial charge < -0.3 is 10.2 Å². The molecule has 5 heteroatoms. The molecule has 2 amide bonds. The van der Waals surface area contributed by atoms with Crippen LogP contribution < -0.4 is 0 Å². The van der Waals surface area contributed by atoms with E-state index < -0.39 is 6.04 Å². The number of rotatable bonds is 4. The van der Waals surface area contributed by atoms with Crippen molar-refractivity contribution in [2.45, 2.75) is 32.2 Å². The number of likely N-dealkylation sites (tertiary alicyclic amines) is 1. The summed E-state index contributed by atoms with van der Waals surface area (Å²) in [6.45, 7) is 1.33. The van der Waals surface area contributed by atoms with Crippen LogP contribution in [0.1, 0.15) is 26.2 Å². The van der Waals surface area contributed by atoms with Gasteiger partial charge in [0.2, 0.25) is 11.8 Å². The van der Waals surface area contributed by atoms with Gasteiger partial charge in [0, 0.05) is 0 Å². The molecule has 2 N–H and O–H groups in total. The van der Waals surface area contributed by atoms with Gasteiger partial charge in [-0.15, -0.1) is 0 Å². The maximum absolute atomic E-state index is 12.1. The Bertz CT molecular complexity index is 302. The number of hydrogen-bond acceptors (Lipinski definition) is 4. The van der Waals surface area contributed by atoms with E-state index in [4.69, 9.17) is 10.2 Å². The summed E-state index contributed by atoms with van der Waals surface area (Å²) in [4.78, 5) is 25.3. The van der Waals surface area contributed by atoms with E-state index in [1.165, 1.54) is 0 Å². The van der Waals surface area contributed by atoms with Gasteiger partial charge in [0.05, 0.1) is 31.1 Å². The lowest BCUT2D eigenvalue weighted by Gasteiger charge is -2.24. The van der Waals surface area contributed by atoms with Crippen molar-refractivity contribution < 1.29 is 19.8 Å². The molecule has 17 heavy (non-hydrogen) atoms. The van der Waals surface area contributed by atoms with Crippen LogP contribution in [0.5, 0.6) is 0 Å². The Hall–Kier alpha value is -0.940. The molecular weight excluding hydrogens is 222 g/mol. The predicted molar refractivity (Wildman–Crippen MR) is 59.8 cm³/mol. The van der Waals surface area contributed by atoms with E-state index in [1.807, 2.05) is 0 Å². The van der Waals surface area contributed by atoms with E-state index in [2.05, 4.69) is 6.92 Å². The van der Waals surface area contributed by atoms with Crippen LogP contribution in [0.25, 0.3) is 0 Å². The topological polar surface area (TPSA) is 77.8 Å². The van der Waals surface area contributed by atoms with Gasteiger partial charge >= 0.3 is 0 Å². The zero-order chi connectivity index (χ0) is 12.6. The predicted octanol–water partition coefficient (Wildman–Crippen LogP) is -0.239. The third kappa shape index (κ3) is 1.87. The Labute approximate surface area is 100 Å². The van der Waals surface area contributed by atoms with Crippen molar-refractivity contribution in [1.29, 1.82) is 0 Å². The summed E-state index contributed by atoms with van der Waals surface area (Å²) in [5.41, 5.74) is 0. The fourth-order valence-electron chi connectivity index (χ4n) is 3.07. The molecule has 0 spiro atoms. The molecular formula is C12H19NO4. The van der Waals surface area contributed by atoms with Crippen molar-refractivity contribution in [3.8, 4) is 0 Å². The first-order valence-electron chi connectivity index (χ1n) is 6.22. The quantitative estimate of drug-likeness (QED) is 0.666. The van der Waals surface area contributed by atoms with Crippen LogP contribution in [0.3, 0.4) is 0 Å².